The van der Waals surface area contributed by atoms with Gasteiger partial charge in [-0.15, -0.1) is 0 Å². The van der Waals surface area contributed by atoms with Crippen LogP contribution >= 0.6 is 11.6 Å². The van der Waals surface area contributed by atoms with Crippen LogP contribution in [-0.4, -0.2) is 39.6 Å². The number of likely N-dealkylation sites (tertiary alicyclic amines) is 1. The number of carbonyl (C=O) groups excluding carboxylic acids is 1. The average molecular weight is 285 g/mol. The molecule has 1 aromatic rings. The van der Waals surface area contributed by atoms with Crippen LogP contribution in [0, 0.1) is 0 Å². The van der Waals surface area contributed by atoms with Crippen LogP contribution in [-0.2, 0) is 0 Å². The van der Waals surface area contributed by atoms with Crippen molar-refractivity contribution in [2.45, 2.75) is 25.4 Å². The molecule has 1 atom stereocenters. The molecule has 0 saturated carbocycles. The van der Waals surface area contributed by atoms with E-state index in [9.17, 15) is 9.90 Å². The highest BCUT2D eigenvalue weighted by Crippen LogP contribution is 2.24. The number of halogens is 1. The maximum Gasteiger partial charge on any atom is 0.274 e. The molecule has 0 radical (unpaired) electrons. The number of hydrazine groups is 1. The molecule has 104 valence electrons. The first-order chi connectivity index (χ1) is 8.93. The zero-order valence-corrected chi connectivity index (χ0v) is 11.4. The summed E-state index contributed by atoms with van der Waals surface area (Å²) in [6.45, 7) is 2.59. The molecule has 1 fully saturated rings. The summed E-state index contributed by atoms with van der Waals surface area (Å²) >= 11 is 6.00. The second-order valence-corrected chi connectivity index (χ2v) is 5.41. The van der Waals surface area contributed by atoms with Crippen molar-refractivity contribution in [1.29, 1.82) is 0 Å². The fraction of sp³-hybridized carbons (Fsp3) is 0.500. The number of nitrogens with one attached hydrogen (secondary N) is 1. The predicted octanol–water partition coefficient (Wildman–Crippen LogP) is 1.01. The lowest BCUT2D eigenvalue weighted by Gasteiger charge is -2.36. The van der Waals surface area contributed by atoms with Crippen molar-refractivity contribution < 1.29 is 9.90 Å². The second-order valence-electron chi connectivity index (χ2n) is 5.00. The minimum Gasteiger partial charge on any atom is -0.388 e. The Hall–Kier alpha value is -1.37. The van der Waals surface area contributed by atoms with Crippen LogP contribution in [0.4, 0.5) is 5.82 Å². The molecule has 1 aliphatic heterocycles. The number of nitrogen functional groups attached to an aromatic ring is 1. The maximum absolute atomic E-state index is 12.4. The van der Waals surface area contributed by atoms with E-state index >= 15 is 0 Å². The molecular formula is C12H17ClN4O2. The first-order valence-corrected chi connectivity index (χ1v) is 6.45. The fourth-order valence-electron chi connectivity index (χ4n) is 2.22. The van der Waals surface area contributed by atoms with Gasteiger partial charge in [0.25, 0.3) is 5.91 Å². The lowest BCUT2D eigenvalue weighted by Crippen LogP contribution is -2.48. The van der Waals surface area contributed by atoms with E-state index in [1.54, 1.807) is 24.0 Å². The monoisotopic (exact) mass is 284 g/mol. The minimum absolute atomic E-state index is 0.148. The van der Waals surface area contributed by atoms with Gasteiger partial charge in [-0.25, -0.2) is 10.8 Å². The molecule has 2 heterocycles. The molecule has 1 saturated heterocycles. The highest BCUT2D eigenvalue weighted by atomic mass is 35.5. The van der Waals surface area contributed by atoms with Crippen LogP contribution in [0.3, 0.4) is 0 Å². The van der Waals surface area contributed by atoms with Crippen molar-refractivity contribution in [3.8, 4) is 0 Å². The van der Waals surface area contributed by atoms with Crippen LogP contribution < -0.4 is 11.3 Å². The second kappa shape index (κ2) is 5.32. The standard InChI is InChI=1S/C12H17ClN4O2/c1-12(19)5-2-6-17(7-12)11(18)10-8(13)3-4-9(15-10)16-14/h3-4,19H,2,5-7,14H2,1H3,(H,15,16). The summed E-state index contributed by atoms with van der Waals surface area (Å²) in [5, 5.41) is 10.3. The molecule has 2 rings (SSSR count). The Balaban J connectivity index is 2.24. The number of nitrogens with zero attached hydrogens (tertiary/aromatic N) is 2. The number of aliphatic hydroxyl groups is 1. The van der Waals surface area contributed by atoms with Gasteiger partial charge in [-0.05, 0) is 31.9 Å². The number of piperidine rings is 1. The molecule has 1 unspecified atom stereocenters. The summed E-state index contributed by atoms with van der Waals surface area (Å²) in [6, 6.07) is 3.16. The first kappa shape index (κ1) is 14.0. The molecule has 19 heavy (non-hydrogen) atoms. The van der Waals surface area contributed by atoms with E-state index in [2.05, 4.69) is 10.4 Å². The van der Waals surface area contributed by atoms with Crippen LogP contribution in [0.25, 0.3) is 0 Å². The van der Waals surface area contributed by atoms with E-state index in [4.69, 9.17) is 17.4 Å². The van der Waals surface area contributed by atoms with Gasteiger partial charge in [0.2, 0.25) is 0 Å². The maximum atomic E-state index is 12.4. The van der Waals surface area contributed by atoms with E-state index in [0.717, 1.165) is 6.42 Å². The van der Waals surface area contributed by atoms with E-state index in [1.807, 2.05) is 0 Å². The molecule has 7 heteroatoms. The molecule has 1 aliphatic rings. The Morgan fingerprint density at radius 3 is 3.00 bits per heavy atom. The zero-order valence-electron chi connectivity index (χ0n) is 10.7. The highest BCUT2D eigenvalue weighted by Gasteiger charge is 2.32. The molecule has 0 spiro atoms. The summed E-state index contributed by atoms with van der Waals surface area (Å²) in [4.78, 5) is 18.0. The molecular weight excluding hydrogens is 268 g/mol. The van der Waals surface area contributed by atoms with Crippen molar-refractivity contribution in [3.05, 3.63) is 22.8 Å². The Labute approximate surface area is 116 Å². The topological polar surface area (TPSA) is 91.5 Å². The number of rotatable bonds is 2. The number of aromatic nitrogens is 1. The first-order valence-electron chi connectivity index (χ1n) is 6.08. The average Bonchev–Trinajstić information content (AvgIpc) is 2.37. The van der Waals surface area contributed by atoms with Crippen molar-refractivity contribution in [2.24, 2.45) is 5.84 Å². The van der Waals surface area contributed by atoms with Gasteiger partial charge >= 0.3 is 0 Å². The summed E-state index contributed by atoms with van der Waals surface area (Å²) in [5.41, 5.74) is 1.67. The van der Waals surface area contributed by atoms with Gasteiger partial charge in [0.1, 0.15) is 11.5 Å². The van der Waals surface area contributed by atoms with Gasteiger partial charge < -0.3 is 15.4 Å². The molecule has 0 aliphatic carbocycles. The third kappa shape index (κ3) is 3.15. The lowest BCUT2D eigenvalue weighted by molar-refractivity contribution is -0.0109. The van der Waals surface area contributed by atoms with Crippen LogP contribution in [0.2, 0.25) is 5.02 Å². The quantitative estimate of drug-likeness (QED) is 0.557. The third-order valence-electron chi connectivity index (χ3n) is 3.16. The summed E-state index contributed by atoms with van der Waals surface area (Å²) < 4.78 is 0. The number of carbonyl (C=O) groups is 1. The van der Waals surface area contributed by atoms with Crippen molar-refractivity contribution in [2.75, 3.05) is 18.5 Å². The normalized spacial score (nSPS) is 23.3. The van der Waals surface area contributed by atoms with E-state index < -0.39 is 5.60 Å². The number of β-amino-alcohol motifs (C(OH)–C–C–N with tert-alkyl or cyclic N) is 1. The minimum atomic E-state index is -0.857. The molecule has 6 nitrogen and oxygen atoms in total. The van der Waals surface area contributed by atoms with Gasteiger partial charge in [-0.1, -0.05) is 11.6 Å². The molecule has 4 N–H and O–H groups in total. The van der Waals surface area contributed by atoms with Gasteiger partial charge in [0.05, 0.1) is 10.6 Å². The smallest absolute Gasteiger partial charge is 0.274 e. The Morgan fingerprint density at radius 1 is 1.63 bits per heavy atom. The lowest BCUT2D eigenvalue weighted by atomic mass is 9.95. The number of hydrogen-bond donors (Lipinski definition) is 3. The predicted molar refractivity (Wildman–Crippen MR) is 72.8 cm³/mol. The van der Waals surface area contributed by atoms with Gasteiger partial charge in [-0.3, -0.25) is 4.79 Å². The van der Waals surface area contributed by atoms with E-state index in [-0.39, 0.29) is 23.2 Å². The zero-order chi connectivity index (χ0) is 14.0. The largest absolute Gasteiger partial charge is 0.388 e. The number of pyridine rings is 1. The van der Waals surface area contributed by atoms with Crippen molar-refractivity contribution >= 4 is 23.3 Å². The fourth-order valence-corrected chi connectivity index (χ4v) is 2.40. The molecule has 1 aromatic heterocycles. The third-order valence-corrected chi connectivity index (χ3v) is 3.46. The molecule has 0 aromatic carbocycles. The van der Waals surface area contributed by atoms with Crippen LogP contribution in [0.15, 0.2) is 12.1 Å². The SMILES string of the molecule is CC1(O)CCCN(C(=O)c2nc(NN)ccc2Cl)C1. The van der Waals surface area contributed by atoms with E-state index in [1.165, 1.54) is 0 Å². The Bertz CT molecular complexity index is 493. The van der Waals surface area contributed by atoms with E-state index in [0.29, 0.717) is 18.8 Å². The number of amides is 1. The van der Waals surface area contributed by atoms with Crippen molar-refractivity contribution in [3.63, 3.8) is 0 Å². The summed E-state index contributed by atoms with van der Waals surface area (Å²) in [5.74, 6) is 5.35. The number of nitrogens with two attached hydrogens (primary N) is 1. The number of hydrogen-bond acceptors (Lipinski definition) is 5. The number of anilines is 1. The van der Waals surface area contributed by atoms with Crippen molar-refractivity contribution in [1.82, 2.24) is 9.88 Å². The van der Waals surface area contributed by atoms with Crippen LogP contribution in [0.1, 0.15) is 30.3 Å². The highest BCUT2D eigenvalue weighted by molar-refractivity contribution is 6.33. The van der Waals surface area contributed by atoms with Crippen LogP contribution in [0.5, 0.6) is 0 Å². The summed E-state index contributed by atoms with van der Waals surface area (Å²) in [7, 11) is 0. The van der Waals surface area contributed by atoms with Gasteiger partial charge in [-0.2, -0.15) is 0 Å². The van der Waals surface area contributed by atoms with Gasteiger partial charge in [0.15, 0.2) is 0 Å². The Kier molecular flexibility index (Phi) is 3.93. The Morgan fingerprint density at radius 2 is 2.37 bits per heavy atom. The summed E-state index contributed by atoms with van der Waals surface area (Å²) in [6.07, 6.45) is 1.44. The van der Waals surface area contributed by atoms with Gasteiger partial charge in [0, 0.05) is 13.1 Å². The molecule has 0 bridgehead atoms. The molecule has 1 amide bonds.